The summed E-state index contributed by atoms with van der Waals surface area (Å²) < 4.78 is 13.7. The maximum absolute atomic E-state index is 12.3. The fraction of sp³-hybridized carbons (Fsp3) is 0.393. The number of carbonyl (C=O) groups excluding carboxylic acids is 1. The number of unbranched alkanes of at least 4 members (excludes halogenated alkanes) is 1. The molecule has 1 saturated heterocycles. The average molecular weight is 503 g/mol. The number of fused-ring (bicyclic) bond motifs is 3. The molecule has 1 fully saturated rings. The van der Waals surface area contributed by atoms with Crippen molar-refractivity contribution >= 4 is 33.8 Å². The number of morpholine rings is 1. The van der Waals surface area contributed by atoms with E-state index in [0.717, 1.165) is 64.9 Å². The van der Waals surface area contributed by atoms with Gasteiger partial charge < -0.3 is 30.0 Å². The van der Waals surface area contributed by atoms with Crippen molar-refractivity contribution in [2.45, 2.75) is 39.3 Å². The summed E-state index contributed by atoms with van der Waals surface area (Å²) in [4.78, 5) is 23.6. The number of nitrogens with zero attached hydrogens (tertiary/aromatic N) is 4. The number of nitrogens with one attached hydrogen (secondary N) is 1. The number of nitrogens with two attached hydrogens (primary N) is 1. The minimum absolute atomic E-state index is 0.0153. The van der Waals surface area contributed by atoms with E-state index in [2.05, 4.69) is 21.8 Å². The van der Waals surface area contributed by atoms with Crippen LogP contribution in [0.4, 0.5) is 10.6 Å². The summed E-state index contributed by atoms with van der Waals surface area (Å²) in [5, 5.41) is 4.01. The number of aryl methyl sites for hydroxylation is 2. The fourth-order valence-corrected chi connectivity index (χ4v) is 4.75. The molecule has 4 aromatic rings. The van der Waals surface area contributed by atoms with Crippen molar-refractivity contribution in [2.75, 3.05) is 38.6 Å². The number of pyridine rings is 1. The molecule has 0 saturated carbocycles. The Balaban J connectivity index is 1.32. The lowest BCUT2D eigenvalue weighted by atomic mass is 10.1. The minimum Gasteiger partial charge on any atom is -0.489 e. The van der Waals surface area contributed by atoms with Crippen LogP contribution in [0.25, 0.3) is 21.9 Å². The first-order chi connectivity index (χ1) is 18.1. The molecule has 3 heterocycles. The van der Waals surface area contributed by atoms with Crippen LogP contribution in [0.3, 0.4) is 0 Å². The summed E-state index contributed by atoms with van der Waals surface area (Å²) in [6.45, 7) is 6.50. The van der Waals surface area contributed by atoms with Gasteiger partial charge in [0.1, 0.15) is 23.7 Å². The first kappa shape index (κ1) is 24.8. The lowest BCUT2D eigenvalue weighted by Gasteiger charge is -2.26. The van der Waals surface area contributed by atoms with Crippen molar-refractivity contribution < 1.29 is 14.3 Å². The average Bonchev–Trinajstić information content (AvgIpc) is 3.32. The van der Waals surface area contributed by atoms with Crippen molar-refractivity contribution in [3.8, 4) is 5.75 Å². The molecule has 194 valence electrons. The number of hydrogen-bond donors (Lipinski definition) is 2. The zero-order valence-electron chi connectivity index (χ0n) is 21.3. The molecule has 0 aliphatic carbocycles. The molecule has 1 aliphatic rings. The third-order valence-corrected chi connectivity index (χ3v) is 6.70. The van der Waals surface area contributed by atoms with Gasteiger partial charge in [-0.1, -0.05) is 37.3 Å². The van der Waals surface area contributed by atoms with E-state index in [1.54, 1.807) is 4.90 Å². The van der Waals surface area contributed by atoms with Crippen LogP contribution >= 0.6 is 0 Å². The Kier molecular flexibility index (Phi) is 7.70. The summed E-state index contributed by atoms with van der Waals surface area (Å²) in [6.07, 6.45) is 2.55. The maximum Gasteiger partial charge on any atom is 0.317 e. The Morgan fingerprint density at radius 1 is 1.11 bits per heavy atom. The summed E-state index contributed by atoms with van der Waals surface area (Å²) in [6, 6.07) is 16.0. The zero-order chi connectivity index (χ0) is 25.6. The Bertz CT molecular complexity index is 1370. The standard InChI is InChI=1S/C28H34N6O3/c1-2-24-32-25-26(34(24)13-7-6-12-30-28(35)33-14-16-36-17-15-33)22-18-21(10-11-23(22)31-27(25)29)37-19-20-8-4-3-5-9-20/h3-5,8-11,18H,2,6-7,12-17,19H2,1H3,(H2,29,31)(H,30,35). The molecule has 0 spiro atoms. The second-order valence-corrected chi connectivity index (χ2v) is 9.22. The highest BCUT2D eigenvalue weighted by atomic mass is 16.5. The number of hydrogen-bond acceptors (Lipinski definition) is 6. The van der Waals surface area contributed by atoms with E-state index in [9.17, 15) is 4.79 Å². The van der Waals surface area contributed by atoms with Crippen molar-refractivity contribution in [2.24, 2.45) is 0 Å². The van der Waals surface area contributed by atoms with Gasteiger partial charge in [-0.05, 0) is 36.6 Å². The SMILES string of the molecule is CCc1nc2c(N)nc3ccc(OCc4ccccc4)cc3c2n1CCCCNC(=O)N1CCOCC1. The number of carbonyl (C=O) groups is 1. The third kappa shape index (κ3) is 5.61. The summed E-state index contributed by atoms with van der Waals surface area (Å²) >= 11 is 0. The van der Waals surface area contributed by atoms with Gasteiger partial charge in [0.2, 0.25) is 0 Å². The molecular formula is C28H34N6O3. The van der Waals surface area contributed by atoms with E-state index < -0.39 is 0 Å². The lowest BCUT2D eigenvalue weighted by molar-refractivity contribution is 0.0532. The minimum atomic E-state index is -0.0153. The van der Waals surface area contributed by atoms with Crippen LogP contribution in [-0.2, 0) is 24.3 Å². The van der Waals surface area contributed by atoms with E-state index in [-0.39, 0.29) is 6.03 Å². The predicted octanol–water partition coefficient (Wildman–Crippen LogP) is 4.13. The van der Waals surface area contributed by atoms with Crippen LogP contribution in [0, 0.1) is 0 Å². The topological polar surface area (TPSA) is 108 Å². The molecule has 0 atom stereocenters. The monoisotopic (exact) mass is 502 g/mol. The van der Waals surface area contributed by atoms with Crippen LogP contribution in [0.2, 0.25) is 0 Å². The van der Waals surface area contributed by atoms with E-state index in [1.165, 1.54) is 0 Å². The molecule has 9 nitrogen and oxygen atoms in total. The second kappa shape index (κ2) is 11.5. The molecule has 9 heteroatoms. The third-order valence-electron chi connectivity index (χ3n) is 6.70. The van der Waals surface area contributed by atoms with Crippen LogP contribution in [-0.4, -0.2) is 58.3 Å². The highest BCUT2D eigenvalue weighted by Crippen LogP contribution is 2.32. The highest BCUT2D eigenvalue weighted by Gasteiger charge is 2.18. The number of ether oxygens (including phenoxy) is 2. The number of urea groups is 1. The normalized spacial score (nSPS) is 13.8. The quantitative estimate of drug-likeness (QED) is 0.333. The maximum atomic E-state index is 12.3. The number of rotatable bonds is 9. The van der Waals surface area contributed by atoms with Crippen LogP contribution in [0.15, 0.2) is 48.5 Å². The molecule has 2 amide bonds. The Hall–Kier alpha value is -3.85. The molecule has 2 aromatic carbocycles. The van der Waals surface area contributed by atoms with Gasteiger partial charge in [-0.25, -0.2) is 14.8 Å². The van der Waals surface area contributed by atoms with Crippen molar-refractivity contribution in [3.05, 3.63) is 59.9 Å². The fourth-order valence-electron chi connectivity index (χ4n) is 4.75. The zero-order valence-corrected chi connectivity index (χ0v) is 21.3. The molecule has 0 bridgehead atoms. The number of anilines is 1. The Morgan fingerprint density at radius 3 is 2.70 bits per heavy atom. The van der Waals surface area contributed by atoms with Crippen molar-refractivity contribution in [1.82, 2.24) is 24.8 Å². The summed E-state index contributed by atoms with van der Waals surface area (Å²) in [7, 11) is 0. The Morgan fingerprint density at radius 2 is 1.92 bits per heavy atom. The van der Waals surface area contributed by atoms with Gasteiger partial charge >= 0.3 is 6.03 Å². The largest absolute Gasteiger partial charge is 0.489 e. The number of nitrogen functional groups attached to an aromatic ring is 1. The van der Waals surface area contributed by atoms with Gasteiger partial charge in [0.05, 0.1) is 24.2 Å². The molecule has 0 unspecified atom stereocenters. The van der Waals surface area contributed by atoms with E-state index >= 15 is 0 Å². The van der Waals surface area contributed by atoms with E-state index in [4.69, 9.17) is 20.2 Å². The van der Waals surface area contributed by atoms with Gasteiger partial charge in [0.15, 0.2) is 5.82 Å². The molecular weight excluding hydrogens is 468 g/mol. The number of amides is 2. The van der Waals surface area contributed by atoms with Crippen LogP contribution < -0.4 is 15.8 Å². The molecule has 2 aromatic heterocycles. The molecule has 0 radical (unpaired) electrons. The van der Waals surface area contributed by atoms with Gasteiger partial charge in [-0.3, -0.25) is 0 Å². The first-order valence-corrected chi connectivity index (χ1v) is 13.0. The van der Waals surface area contributed by atoms with Crippen LogP contribution in [0.1, 0.15) is 31.2 Å². The van der Waals surface area contributed by atoms with Gasteiger partial charge in [0.25, 0.3) is 0 Å². The number of imidazole rings is 1. The summed E-state index contributed by atoms with van der Waals surface area (Å²) in [5.41, 5.74) is 9.98. The van der Waals surface area contributed by atoms with Crippen LogP contribution in [0.5, 0.6) is 5.75 Å². The highest BCUT2D eigenvalue weighted by molar-refractivity contribution is 6.07. The van der Waals surface area contributed by atoms with Gasteiger partial charge in [-0.15, -0.1) is 0 Å². The first-order valence-electron chi connectivity index (χ1n) is 13.0. The van der Waals surface area contributed by atoms with Crippen molar-refractivity contribution in [3.63, 3.8) is 0 Å². The van der Waals surface area contributed by atoms with E-state index in [1.807, 2.05) is 48.5 Å². The molecule has 5 rings (SSSR count). The number of benzene rings is 2. The predicted molar refractivity (Wildman–Crippen MR) is 145 cm³/mol. The van der Waals surface area contributed by atoms with Gasteiger partial charge in [0, 0.05) is 38.0 Å². The molecule has 1 aliphatic heterocycles. The second-order valence-electron chi connectivity index (χ2n) is 9.22. The Labute approximate surface area is 216 Å². The van der Waals surface area contributed by atoms with Crippen molar-refractivity contribution in [1.29, 1.82) is 0 Å². The lowest BCUT2D eigenvalue weighted by Crippen LogP contribution is -2.46. The summed E-state index contributed by atoms with van der Waals surface area (Å²) in [5.74, 6) is 2.19. The van der Waals surface area contributed by atoms with Gasteiger partial charge in [-0.2, -0.15) is 0 Å². The van der Waals surface area contributed by atoms with E-state index in [0.29, 0.717) is 45.3 Å². The molecule has 3 N–H and O–H groups in total. The molecule has 37 heavy (non-hydrogen) atoms. The smallest absolute Gasteiger partial charge is 0.317 e. The number of aromatic nitrogens is 3.